The van der Waals surface area contributed by atoms with Crippen LogP contribution < -0.4 is 0 Å². The first kappa shape index (κ1) is 15.7. The summed E-state index contributed by atoms with van der Waals surface area (Å²) in [5, 5.41) is 19.6. The minimum atomic E-state index is -0.630. The number of piperidine rings is 1. The van der Waals surface area contributed by atoms with Crippen molar-refractivity contribution < 1.29 is 5.11 Å². The van der Waals surface area contributed by atoms with Gasteiger partial charge in [0.25, 0.3) is 0 Å². The molecule has 1 saturated heterocycles. The Hall–Kier alpha value is -1.79. The highest BCUT2D eigenvalue weighted by Gasteiger charge is 2.33. The second-order valence-corrected chi connectivity index (χ2v) is 7.14. The quantitative estimate of drug-likeness (QED) is 0.923. The molecule has 0 bridgehead atoms. The molecule has 6 heteroatoms. The molecule has 4 heterocycles. The molecule has 2 aliphatic heterocycles. The fourth-order valence-electron chi connectivity index (χ4n) is 3.83. The molecular weight excluding hydrogens is 302 g/mol. The summed E-state index contributed by atoms with van der Waals surface area (Å²) < 4.78 is 2.29. The van der Waals surface area contributed by atoms with Crippen LogP contribution in [0.3, 0.4) is 0 Å². The first-order valence-corrected chi connectivity index (χ1v) is 8.97. The van der Waals surface area contributed by atoms with Crippen LogP contribution in [-0.2, 0) is 25.9 Å². The fraction of sp³-hybridized carbons (Fsp3) is 0.611. The lowest BCUT2D eigenvalue weighted by Gasteiger charge is -2.38. The zero-order chi connectivity index (χ0) is 16.4. The number of fused-ring (bicyclic) bond motifs is 1. The summed E-state index contributed by atoms with van der Waals surface area (Å²) in [5.74, 6) is 2.22. The van der Waals surface area contributed by atoms with E-state index in [1.54, 1.807) is 6.20 Å². The number of hydrogen-bond donors (Lipinski definition) is 1. The Morgan fingerprint density at radius 2 is 1.96 bits per heavy atom. The number of nitrogens with zero attached hydrogens (tertiary/aromatic N) is 5. The van der Waals surface area contributed by atoms with Crippen LogP contribution in [0.5, 0.6) is 0 Å². The van der Waals surface area contributed by atoms with Crippen LogP contribution in [-0.4, -0.2) is 48.4 Å². The normalized spacial score (nSPS) is 20.7. The number of pyridine rings is 1. The maximum atomic E-state index is 10.9. The minimum absolute atomic E-state index is 0.630. The molecule has 6 nitrogen and oxygen atoms in total. The van der Waals surface area contributed by atoms with Gasteiger partial charge in [-0.15, -0.1) is 10.2 Å². The monoisotopic (exact) mass is 327 g/mol. The molecule has 128 valence electrons. The third kappa shape index (κ3) is 3.35. The summed E-state index contributed by atoms with van der Waals surface area (Å²) in [6.45, 7) is 3.68. The minimum Gasteiger partial charge on any atom is -0.389 e. The molecule has 2 aliphatic rings. The maximum Gasteiger partial charge on any atom is 0.147 e. The van der Waals surface area contributed by atoms with Gasteiger partial charge in [0.05, 0.1) is 12.1 Å². The summed E-state index contributed by atoms with van der Waals surface area (Å²) in [5.41, 5.74) is 0.342. The van der Waals surface area contributed by atoms with E-state index in [2.05, 4.69) is 24.6 Å². The van der Waals surface area contributed by atoms with Crippen LogP contribution in [0, 0.1) is 0 Å². The molecular formula is C18H25N5O. The highest BCUT2D eigenvalue weighted by Crippen LogP contribution is 2.27. The molecule has 0 atom stereocenters. The summed E-state index contributed by atoms with van der Waals surface area (Å²) in [6.07, 6.45) is 7.50. The highest BCUT2D eigenvalue weighted by molar-refractivity contribution is 5.08. The van der Waals surface area contributed by atoms with E-state index in [9.17, 15) is 5.11 Å². The molecule has 2 aromatic heterocycles. The number of hydrogen-bond acceptors (Lipinski definition) is 5. The number of aliphatic hydroxyl groups is 1. The lowest BCUT2D eigenvalue weighted by Crippen LogP contribution is -2.45. The van der Waals surface area contributed by atoms with Crippen molar-refractivity contribution in [1.82, 2.24) is 24.6 Å². The van der Waals surface area contributed by atoms with E-state index in [0.717, 1.165) is 62.8 Å². The van der Waals surface area contributed by atoms with Crippen molar-refractivity contribution in [1.29, 1.82) is 0 Å². The molecule has 0 radical (unpaired) electrons. The molecule has 24 heavy (non-hydrogen) atoms. The zero-order valence-electron chi connectivity index (χ0n) is 14.1. The summed E-state index contributed by atoms with van der Waals surface area (Å²) in [4.78, 5) is 6.74. The molecule has 0 saturated carbocycles. The Balaban J connectivity index is 1.35. The molecule has 4 rings (SSSR count). The van der Waals surface area contributed by atoms with E-state index in [-0.39, 0.29) is 0 Å². The lowest BCUT2D eigenvalue weighted by molar-refractivity contribution is -0.0238. The Morgan fingerprint density at radius 1 is 1.08 bits per heavy atom. The number of rotatable bonds is 4. The van der Waals surface area contributed by atoms with Crippen LogP contribution in [0.25, 0.3) is 0 Å². The van der Waals surface area contributed by atoms with Crippen molar-refractivity contribution in [3.05, 3.63) is 41.7 Å². The average molecular weight is 327 g/mol. The molecule has 0 spiro atoms. The lowest BCUT2D eigenvalue weighted by atomic mass is 9.87. The first-order chi connectivity index (χ1) is 11.7. The predicted octanol–water partition coefficient (Wildman–Crippen LogP) is 1.58. The van der Waals surface area contributed by atoms with Crippen LogP contribution in [0.15, 0.2) is 24.4 Å². The predicted molar refractivity (Wildman–Crippen MR) is 90.4 cm³/mol. The van der Waals surface area contributed by atoms with Crippen molar-refractivity contribution in [2.75, 3.05) is 13.1 Å². The van der Waals surface area contributed by atoms with Gasteiger partial charge >= 0.3 is 0 Å². The SMILES string of the molecule is OC1(Cc2ccccn2)CCN(Cc2nnc3n2CCCC3)CC1. The van der Waals surface area contributed by atoms with Gasteiger partial charge in [0.2, 0.25) is 0 Å². The van der Waals surface area contributed by atoms with E-state index in [1.807, 2.05) is 18.2 Å². The molecule has 1 N–H and O–H groups in total. The van der Waals surface area contributed by atoms with Gasteiger partial charge in [-0.25, -0.2) is 0 Å². The summed E-state index contributed by atoms with van der Waals surface area (Å²) in [6, 6.07) is 5.89. The topological polar surface area (TPSA) is 67.1 Å². The van der Waals surface area contributed by atoms with Gasteiger partial charge in [0, 0.05) is 44.4 Å². The van der Waals surface area contributed by atoms with Crippen LogP contribution in [0.1, 0.15) is 43.0 Å². The number of likely N-dealkylation sites (tertiary alicyclic amines) is 1. The molecule has 2 aromatic rings. The largest absolute Gasteiger partial charge is 0.389 e. The summed E-state index contributed by atoms with van der Waals surface area (Å²) in [7, 11) is 0. The van der Waals surface area contributed by atoms with Crippen molar-refractivity contribution >= 4 is 0 Å². The van der Waals surface area contributed by atoms with Gasteiger partial charge in [-0.1, -0.05) is 6.07 Å². The Morgan fingerprint density at radius 3 is 2.75 bits per heavy atom. The van der Waals surface area contributed by atoms with E-state index in [0.29, 0.717) is 6.42 Å². The van der Waals surface area contributed by atoms with Crippen molar-refractivity contribution in [2.45, 2.75) is 57.2 Å². The van der Waals surface area contributed by atoms with Crippen molar-refractivity contribution in [3.8, 4) is 0 Å². The third-order valence-electron chi connectivity index (χ3n) is 5.32. The smallest absolute Gasteiger partial charge is 0.147 e. The maximum absolute atomic E-state index is 10.9. The van der Waals surface area contributed by atoms with Gasteiger partial charge in [0.1, 0.15) is 11.6 Å². The Kier molecular flexibility index (Phi) is 4.33. The molecule has 0 unspecified atom stereocenters. The van der Waals surface area contributed by atoms with E-state index >= 15 is 0 Å². The van der Waals surface area contributed by atoms with Gasteiger partial charge < -0.3 is 9.67 Å². The van der Waals surface area contributed by atoms with Gasteiger partial charge in [-0.2, -0.15) is 0 Å². The zero-order valence-corrected chi connectivity index (χ0v) is 14.1. The van der Waals surface area contributed by atoms with E-state index in [1.165, 1.54) is 12.8 Å². The number of aryl methyl sites for hydroxylation is 1. The van der Waals surface area contributed by atoms with E-state index < -0.39 is 5.60 Å². The van der Waals surface area contributed by atoms with Gasteiger partial charge in [-0.05, 0) is 37.8 Å². The highest BCUT2D eigenvalue weighted by atomic mass is 16.3. The van der Waals surface area contributed by atoms with Gasteiger partial charge in [-0.3, -0.25) is 9.88 Å². The Bertz CT molecular complexity index is 676. The van der Waals surface area contributed by atoms with Crippen LogP contribution >= 0.6 is 0 Å². The first-order valence-electron chi connectivity index (χ1n) is 8.97. The molecule has 1 fully saturated rings. The second kappa shape index (κ2) is 6.61. The molecule has 0 amide bonds. The number of aromatic nitrogens is 4. The van der Waals surface area contributed by atoms with E-state index in [4.69, 9.17) is 0 Å². The average Bonchev–Trinajstić information content (AvgIpc) is 3.01. The standard InChI is InChI=1S/C18H25N5O/c24-18(13-15-5-1-3-9-19-15)7-11-22(12-8-18)14-17-21-20-16-6-2-4-10-23(16)17/h1,3,5,9,24H,2,4,6-8,10-14H2. The van der Waals surface area contributed by atoms with Crippen molar-refractivity contribution in [2.24, 2.45) is 0 Å². The van der Waals surface area contributed by atoms with Crippen LogP contribution in [0.2, 0.25) is 0 Å². The third-order valence-corrected chi connectivity index (χ3v) is 5.32. The van der Waals surface area contributed by atoms with Crippen molar-refractivity contribution in [3.63, 3.8) is 0 Å². The second-order valence-electron chi connectivity index (χ2n) is 7.14. The molecule has 0 aromatic carbocycles. The Labute approximate surface area is 142 Å². The van der Waals surface area contributed by atoms with Gasteiger partial charge in [0.15, 0.2) is 0 Å². The fourth-order valence-corrected chi connectivity index (χ4v) is 3.83. The van der Waals surface area contributed by atoms with Crippen LogP contribution in [0.4, 0.5) is 0 Å². The summed E-state index contributed by atoms with van der Waals surface area (Å²) >= 11 is 0. The molecule has 0 aliphatic carbocycles.